The van der Waals surface area contributed by atoms with Gasteiger partial charge in [-0.15, -0.1) is 0 Å². The molecule has 1 amide bonds. The molecule has 0 spiro atoms. The van der Waals surface area contributed by atoms with E-state index in [2.05, 4.69) is 20.4 Å². The van der Waals surface area contributed by atoms with Crippen molar-refractivity contribution in [2.75, 3.05) is 18.4 Å². The van der Waals surface area contributed by atoms with Gasteiger partial charge in [0.05, 0.1) is 0 Å². The SMILES string of the molecule is O=C(Nc1cccc(CN2CCCC2)c1)c1cc(C(F)F)[nH]n1. The van der Waals surface area contributed by atoms with Crippen LogP contribution in [0.25, 0.3) is 0 Å². The van der Waals surface area contributed by atoms with Gasteiger partial charge in [-0.25, -0.2) is 8.78 Å². The highest BCUT2D eigenvalue weighted by atomic mass is 19.3. The second-order valence-electron chi connectivity index (χ2n) is 5.65. The molecule has 122 valence electrons. The molecule has 2 N–H and O–H groups in total. The molecule has 1 aromatic heterocycles. The van der Waals surface area contributed by atoms with E-state index in [4.69, 9.17) is 0 Å². The van der Waals surface area contributed by atoms with E-state index in [1.54, 1.807) is 6.07 Å². The average Bonchev–Trinajstić information content (AvgIpc) is 3.18. The van der Waals surface area contributed by atoms with Crippen LogP contribution in [0, 0.1) is 0 Å². The van der Waals surface area contributed by atoms with Crippen molar-refractivity contribution in [1.29, 1.82) is 0 Å². The number of nitrogens with one attached hydrogen (secondary N) is 2. The number of amides is 1. The monoisotopic (exact) mass is 320 g/mol. The zero-order valence-corrected chi connectivity index (χ0v) is 12.6. The second-order valence-corrected chi connectivity index (χ2v) is 5.65. The molecule has 1 saturated heterocycles. The maximum absolute atomic E-state index is 12.5. The van der Waals surface area contributed by atoms with Gasteiger partial charge in [0, 0.05) is 12.2 Å². The number of rotatable bonds is 5. The Labute approximate surface area is 132 Å². The summed E-state index contributed by atoms with van der Waals surface area (Å²) in [6.45, 7) is 3.04. The van der Waals surface area contributed by atoms with Crippen molar-refractivity contribution < 1.29 is 13.6 Å². The van der Waals surface area contributed by atoms with Gasteiger partial charge in [-0.3, -0.25) is 14.8 Å². The molecule has 0 bridgehead atoms. The Hall–Kier alpha value is -2.28. The number of likely N-dealkylation sites (tertiary alicyclic amines) is 1. The van der Waals surface area contributed by atoms with Crippen LogP contribution in [0.4, 0.5) is 14.5 Å². The number of carbonyl (C=O) groups excluding carboxylic acids is 1. The first-order valence-electron chi connectivity index (χ1n) is 7.58. The molecule has 0 atom stereocenters. The summed E-state index contributed by atoms with van der Waals surface area (Å²) < 4.78 is 25.0. The summed E-state index contributed by atoms with van der Waals surface area (Å²) >= 11 is 0. The largest absolute Gasteiger partial charge is 0.321 e. The van der Waals surface area contributed by atoms with Crippen molar-refractivity contribution in [3.8, 4) is 0 Å². The summed E-state index contributed by atoms with van der Waals surface area (Å²) in [5.74, 6) is -0.508. The van der Waals surface area contributed by atoms with E-state index >= 15 is 0 Å². The number of hydrogen-bond acceptors (Lipinski definition) is 3. The fourth-order valence-corrected chi connectivity index (χ4v) is 2.71. The number of H-pyrrole nitrogens is 1. The van der Waals surface area contributed by atoms with Crippen LogP contribution in [0.2, 0.25) is 0 Å². The van der Waals surface area contributed by atoms with E-state index in [-0.39, 0.29) is 11.4 Å². The van der Waals surface area contributed by atoms with Crippen LogP contribution in [0.5, 0.6) is 0 Å². The number of carbonyl (C=O) groups is 1. The molecule has 0 aliphatic carbocycles. The van der Waals surface area contributed by atoms with Crippen LogP contribution < -0.4 is 5.32 Å². The summed E-state index contributed by atoms with van der Waals surface area (Å²) in [4.78, 5) is 14.4. The zero-order chi connectivity index (χ0) is 16.2. The van der Waals surface area contributed by atoms with Gasteiger partial charge in [0.1, 0.15) is 5.69 Å². The molecular weight excluding hydrogens is 302 g/mol. The van der Waals surface area contributed by atoms with Gasteiger partial charge in [-0.1, -0.05) is 12.1 Å². The minimum atomic E-state index is -2.67. The normalized spacial score (nSPS) is 15.3. The lowest BCUT2D eigenvalue weighted by Crippen LogP contribution is -2.18. The Bertz CT molecular complexity index is 680. The smallest absolute Gasteiger partial charge is 0.279 e. The number of hydrogen-bond donors (Lipinski definition) is 2. The molecule has 0 radical (unpaired) electrons. The van der Waals surface area contributed by atoms with E-state index in [9.17, 15) is 13.6 Å². The molecule has 1 aliphatic heterocycles. The molecule has 5 nitrogen and oxygen atoms in total. The fraction of sp³-hybridized carbons (Fsp3) is 0.375. The number of nitrogens with zero attached hydrogens (tertiary/aromatic N) is 2. The van der Waals surface area contributed by atoms with Crippen molar-refractivity contribution in [3.63, 3.8) is 0 Å². The van der Waals surface area contributed by atoms with Crippen LogP contribution in [-0.2, 0) is 6.54 Å². The Morgan fingerprint density at radius 2 is 2.09 bits per heavy atom. The third-order valence-electron chi connectivity index (χ3n) is 3.86. The number of halogens is 2. The van der Waals surface area contributed by atoms with Gasteiger partial charge in [0.25, 0.3) is 12.3 Å². The third kappa shape index (κ3) is 3.92. The van der Waals surface area contributed by atoms with Gasteiger partial charge in [-0.2, -0.15) is 5.10 Å². The Kier molecular flexibility index (Phi) is 4.66. The zero-order valence-electron chi connectivity index (χ0n) is 12.6. The topological polar surface area (TPSA) is 61.0 Å². The molecule has 7 heteroatoms. The summed E-state index contributed by atoms with van der Waals surface area (Å²) in [6, 6.07) is 8.62. The van der Waals surface area contributed by atoms with Crippen LogP contribution in [0.15, 0.2) is 30.3 Å². The van der Waals surface area contributed by atoms with Crippen molar-refractivity contribution in [2.24, 2.45) is 0 Å². The van der Waals surface area contributed by atoms with E-state index in [1.807, 2.05) is 18.2 Å². The quantitative estimate of drug-likeness (QED) is 0.889. The molecule has 0 unspecified atom stereocenters. The van der Waals surface area contributed by atoms with E-state index in [1.165, 1.54) is 12.8 Å². The molecule has 2 aromatic rings. The lowest BCUT2D eigenvalue weighted by atomic mass is 10.2. The number of benzene rings is 1. The molecule has 0 saturated carbocycles. The highest BCUT2D eigenvalue weighted by molar-refractivity contribution is 6.02. The second kappa shape index (κ2) is 6.87. The fourth-order valence-electron chi connectivity index (χ4n) is 2.71. The lowest BCUT2D eigenvalue weighted by molar-refractivity contribution is 0.102. The maximum Gasteiger partial charge on any atom is 0.279 e. The first kappa shape index (κ1) is 15.6. The van der Waals surface area contributed by atoms with Gasteiger partial charge in [0.2, 0.25) is 0 Å². The minimum absolute atomic E-state index is 0.0507. The van der Waals surface area contributed by atoms with Crippen molar-refractivity contribution in [3.05, 3.63) is 47.3 Å². The molecule has 2 heterocycles. The van der Waals surface area contributed by atoms with Gasteiger partial charge in [-0.05, 0) is 49.7 Å². The Morgan fingerprint density at radius 1 is 1.30 bits per heavy atom. The van der Waals surface area contributed by atoms with E-state index in [0.717, 1.165) is 31.3 Å². The number of aromatic nitrogens is 2. The predicted octanol–water partition coefficient (Wildman–Crippen LogP) is 3.20. The Morgan fingerprint density at radius 3 is 2.78 bits per heavy atom. The van der Waals surface area contributed by atoms with Crippen LogP contribution in [0.3, 0.4) is 0 Å². The summed E-state index contributed by atoms with van der Waals surface area (Å²) in [6.07, 6.45) is -0.225. The summed E-state index contributed by atoms with van der Waals surface area (Å²) in [5.41, 5.74) is 1.33. The first-order chi connectivity index (χ1) is 11.1. The molecule has 1 aliphatic rings. The molecular formula is C16H18F2N4O. The number of alkyl halides is 2. The average molecular weight is 320 g/mol. The van der Waals surface area contributed by atoms with Crippen LogP contribution in [-0.4, -0.2) is 34.1 Å². The van der Waals surface area contributed by atoms with Crippen LogP contribution >= 0.6 is 0 Å². The first-order valence-corrected chi connectivity index (χ1v) is 7.58. The Balaban J connectivity index is 1.65. The molecule has 1 fully saturated rings. The predicted molar refractivity (Wildman–Crippen MR) is 82.5 cm³/mol. The van der Waals surface area contributed by atoms with Crippen molar-refractivity contribution >= 4 is 11.6 Å². The van der Waals surface area contributed by atoms with E-state index < -0.39 is 12.3 Å². The highest BCUT2D eigenvalue weighted by Crippen LogP contribution is 2.19. The van der Waals surface area contributed by atoms with Gasteiger partial charge in [0.15, 0.2) is 5.69 Å². The molecule has 1 aromatic carbocycles. The lowest BCUT2D eigenvalue weighted by Gasteiger charge is -2.15. The highest BCUT2D eigenvalue weighted by Gasteiger charge is 2.16. The minimum Gasteiger partial charge on any atom is -0.321 e. The maximum atomic E-state index is 12.5. The van der Waals surface area contributed by atoms with Gasteiger partial charge >= 0.3 is 0 Å². The summed E-state index contributed by atoms with van der Waals surface area (Å²) in [7, 11) is 0. The number of anilines is 1. The number of aromatic amines is 1. The standard InChI is InChI=1S/C16H18F2N4O/c17-15(18)13-9-14(21-20-13)16(23)19-12-5-3-4-11(8-12)10-22-6-1-2-7-22/h3-5,8-9,15H,1-2,6-7,10H2,(H,19,23)(H,20,21). The van der Waals surface area contributed by atoms with Crippen molar-refractivity contribution in [2.45, 2.75) is 25.8 Å². The third-order valence-corrected chi connectivity index (χ3v) is 3.86. The van der Waals surface area contributed by atoms with E-state index in [0.29, 0.717) is 5.69 Å². The molecule has 23 heavy (non-hydrogen) atoms. The van der Waals surface area contributed by atoms with Crippen molar-refractivity contribution in [1.82, 2.24) is 15.1 Å². The molecule has 3 rings (SSSR count). The van der Waals surface area contributed by atoms with Gasteiger partial charge < -0.3 is 5.32 Å². The summed E-state index contributed by atoms with van der Waals surface area (Å²) in [5, 5.41) is 8.47. The van der Waals surface area contributed by atoms with Crippen LogP contribution in [0.1, 0.15) is 41.0 Å².